The first kappa shape index (κ1) is 28.5. The van der Waals surface area contributed by atoms with Gasteiger partial charge >= 0.3 is 5.97 Å². The first-order valence-corrected chi connectivity index (χ1v) is 14.2. The van der Waals surface area contributed by atoms with Crippen LogP contribution in [0.1, 0.15) is 36.1 Å². The summed E-state index contributed by atoms with van der Waals surface area (Å²) in [7, 11) is 2.92. The second-order valence-electron chi connectivity index (χ2n) is 8.21. The van der Waals surface area contributed by atoms with Crippen LogP contribution < -0.4 is 14.8 Å². The number of amides is 1. The summed E-state index contributed by atoms with van der Waals surface area (Å²) in [6, 6.07) is 14.4. The van der Waals surface area contributed by atoms with E-state index in [1.807, 2.05) is 60.2 Å². The Balaban J connectivity index is 1.44. The summed E-state index contributed by atoms with van der Waals surface area (Å²) in [5.41, 5.74) is 1.75. The second kappa shape index (κ2) is 13.0. The Morgan fingerprint density at radius 1 is 1.08 bits per heavy atom. The van der Waals surface area contributed by atoms with Gasteiger partial charge in [-0.25, -0.2) is 4.79 Å². The van der Waals surface area contributed by atoms with E-state index >= 15 is 0 Å². The number of esters is 1. The summed E-state index contributed by atoms with van der Waals surface area (Å²) in [5, 5.41) is 14.8. The number of halogens is 1. The Bertz CT molecular complexity index is 1440. The minimum Gasteiger partial charge on any atom is -0.497 e. The van der Waals surface area contributed by atoms with Crippen molar-refractivity contribution in [3.8, 4) is 22.6 Å². The number of ether oxygens (including phenoxy) is 3. The van der Waals surface area contributed by atoms with Gasteiger partial charge in [-0.05, 0) is 55.8 Å². The molecule has 0 aliphatic rings. The van der Waals surface area contributed by atoms with Gasteiger partial charge in [-0.15, -0.1) is 21.5 Å². The van der Waals surface area contributed by atoms with E-state index in [1.54, 1.807) is 19.2 Å². The zero-order chi connectivity index (χ0) is 27.9. The number of benzene rings is 2. The molecule has 1 atom stereocenters. The number of rotatable bonds is 11. The fourth-order valence-corrected chi connectivity index (χ4v) is 5.71. The van der Waals surface area contributed by atoms with Crippen molar-refractivity contribution >= 4 is 51.6 Å². The highest BCUT2D eigenvalue weighted by atomic mass is 35.5. The van der Waals surface area contributed by atoms with Crippen LogP contribution in [0.15, 0.2) is 59.1 Å². The summed E-state index contributed by atoms with van der Waals surface area (Å²) in [6.07, 6.45) is -0.367. The van der Waals surface area contributed by atoms with Gasteiger partial charge < -0.3 is 24.1 Å². The number of hydrogen-bond acceptors (Lipinski definition) is 9. The fourth-order valence-electron chi connectivity index (χ4n) is 3.81. The van der Waals surface area contributed by atoms with Crippen molar-refractivity contribution in [3.05, 3.63) is 70.3 Å². The minimum absolute atomic E-state index is 0.0701. The standard InChI is InChI=1S/C27H27ClN4O5S2/c1-5-32-24(16(2)37-20-12-10-19(35-3)11-13-20)30-31-27(32)39-15-22(33)29-25-23(26(34)36-4)21(14-38-25)17-6-8-18(28)9-7-17/h6-14,16H,5,15H2,1-4H3,(H,29,33). The molecular formula is C27H27ClN4O5S2. The quantitative estimate of drug-likeness (QED) is 0.160. The summed E-state index contributed by atoms with van der Waals surface area (Å²) in [4.78, 5) is 25.5. The number of methoxy groups -OCH3 is 2. The van der Waals surface area contributed by atoms with E-state index in [2.05, 4.69) is 15.5 Å². The molecule has 0 saturated carbocycles. The van der Waals surface area contributed by atoms with E-state index in [0.29, 0.717) is 44.4 Å². The molecule has 0 aliphatic carbocycles. The predicted octanol–water partition coefficient (Wildman–Crippen LogP) is 6.35. The Kier molecular flexibility index (Phi) is 9.50. The van der Waals surface area contributed by atoms with Crippen molar-refractivity contribution < 1.29 is 23.8 Å². The average molecular weight is 587 g/mol. The van der Waals surface area contributed by atoms with Gasteiger partial charge in [0.15, 0.2) is 17.1 Å². The highest BCUT2D eigenvalue weighted by Gasteiger charge is 2.23. The smallest absolute Gasteiger partial charge is 0.341 e. The van der Waals surface area contributed by atoms with Gasteiger partial charge in [0.25, 0.3) is 0 Å². The molecule has 1 N–H and O–H groups in total. The SMILES string of the molecule is CCn1c(SCC(=O)Nc2scc(-c3ccc(Cl)cc3)c2C(=O)OC)nnc1C(C)Oc1ccc(OC)cc1. The number of thioether (sulfide) groups is 1. The third-order valence-corrected chi connectivity index (χ3v) is 7.83. The normalized spacial score (nSPS) is 11.6. The molecule has 0 fully saturated rings. The van der Waals surface area contributed by atoms with E-state index in [9.17, 15) is 9.59 Å². The lowest BCUT2D eigenvalue weighted by Crippen LogP contribution is -2.17. The van der Waals surface area contributed by atoms with Crippen molar-refractivity contribution in [1.29, 1.82) is 0 Å². The van der Waals surface area contributed by atoms with Gasteiger partial charge in [0, 0.05) is 22.5 Å². The molecule has 12 heteroatoms. The van der Waals surface area contributed by atoms with Crippen molar-refractivity contribution in [1.82, 2.24) is 14.8 Å². The second-order valence-corrected chi connectivity index (χ2v) is 10.5. The van der Waals surface area contributed by atoms with Crippen LogP contribution in [0.5, 0.6) is 11.5 Å². The van der Waals surface area contributed by atoms with Gasteiger partial charge in [0.2, 0.25) is 5.91 Å². The van der Waals surface area contributed by atoms with Crippen molar-refractivity contribution in [2.24, 2.45) is 0 Å². The van der Waals surface area contributed by atoms with Crippen LogP contribution >= 0.6 is 34.7 Å². The molecule has 0 spiro atoms. The van der Waals surface area contributed by atoms with E-state index < -0.39 is 5.97 Å². The number of hydrogen-bond donors (Lipinski definition) is 1. The van der Waals surface area contributed by atoms with Crippen LogP contribution in [0, 0.1) is 0 Å². The lowest BCUT2D eigenvalue weighted by atomic mass is 10.0. The van der Waals surface area contributed by atoms with Crippen molar-refractivity contribution in [2.75, 3.05) is 25.3 Å². The van der Waals surface area contributed by atoms with Crippen LogP contribution in [-0.4, -0.2) is 46.6 Å². The van der Waals surface area contributed by atoms with Crippen LogP contribution in [0.2, 0.25) is 5.02 Å². The number of carbonyl (C=O) groups is 2. The Labute approximate surface area is 239 Å². The Morgan fingerprint density at radius 2 is 1.77 bits per heavy atom. The van der Waals surface area contributed by atoms with E-state index in [1.165, 1.54) is 30.2 Å². The lowest BCUT2D eigenvalue weighted by molar-refractivity contribution is -0.113. The highest BCUT2D eigenvalue weighted by molar-refractivity contribution is 7.99. The average Bonchev–Trinajstić information content (AvgIpc) is 3.56. The molecule has 39 heavy (non-hydrogen) atoms. The van der Waals surface area contributed by atoms with Crippen LogP contribution in [0.3, 0.4) is 0 Å². The Hall–Kier alpha value is -3.54. The summed E-state index contributed by atoms with van der Waals surface area (Å²) in [6.45, 7) is 4.47. The maximum atomic E-state index is 12.9. The van der Waals surface area contributed by atoms with Crippen molar-refractivity contribution in [3.63, 3.8) is 0 Å². The number of anilines is 1. The number of nitrogens with one attached hydrogen (secondary N) is 1. The van der Waals surface area contributed by atoms with Crippen LogP contribution in [-0.2, 0) is 16.1 Å². The molecule has 2 aromatic heterocycles. The molecule has 0 saturated heterocycles. The minimum atomic E-state index is -0.537. The van der Waals surface area contributed by atoms with E-state index in [4.69, 9.17) is 25.8 Å². The third kappa shape index (κ3) is 6.73. The van der Waals surface area contributed by atoms with Gasteiger partial charge in [-0.2, -0.15) is 0 Å². The summed E-state index contributed by atoms with van der Waals surface area (Å²) in [5.74, 6) is 1.31. The summed E-state index contributed by atoms with van der Waals surface area (Å²) >= 11 is 8.51. The molecule has 4 aromatic rings. The first-order chi connectivity index (χ1) is 18.8. The number of nitrogens with zero attached hydrogens (tertiary/aromatic N) is 3. The Morgan fingerprint density at radius 3 is 2.41 bits per heavy atom. The number of aromatic nitrogens is 3. The molecule has 0 bridgehead atoms. The zero-order valence-electron chi connectivity index (χ0n) is 21.8. The van der Waals surface area contributed by atoms with Crippen LogP contribution in [0.25, 0.3) is 11.1 Å². The monoisotopic (exact) mass is 586 g/mol. The molecule has 0 aliphatic heterocycles. The van der Waals surface area contributed by atoms with Crippen molar-refractivity contribution in [2.45, 2.75) is 31.7 Å². The van der Waals surface area contributed by atoms with Gasteiger partial charge in [-0.3, -0.25) is 4.79 Å². The van der Waals surface area contributed by atoms with Gasteiger partial charge in [0.05, 0.1) is 20.0 Å². The highest BCUT2D eigenvalue weighted by Crippen LogP contribution is 2.37. The van der Waals surface area contributed by atoms with Gasteiger partial charge in [-0.1, -0.05) is 35.5 Å². The molecule has 4 rings (SSSR count). The molecule has 9 nitrogen and oxygen atoms in total. The maximum absolute atomic E-state index is 12.9. The molecule has 2 aromatic carbocycles. The first-order valence-electron chi connectivity index (χ1n) is 12.0. The molecule has 2 heterocycles. The van der Waals surface area contributed by atoms with Gasteiger partial charge in [0.1, 0.15) is 22.1 Å². The predicted molar refractivity (Wildman–Crippen MR) is 153 cm³/mol. The summed E-state index contributed by atoms with van der Waals surface area (Å²) < 4.78 is 18.1. The zero-order valence-corrected chi connectivity index (χ0v) is 24.2. The molecule has 1 unspecified atom stereocenters. The lowest BCUT2D eigenvalue weighted by Gasteiger charge is -2.15. The van der Waals surface area contributed by atoms with Crippen LogP contribution in [0.4, 0.5) is 5.00 Å². The molecule has 1 amide bonds. The van der Waals surface area contributed by atoms with E-state index in [0.717, 1.165) is 11.3 Å². The number of thiophene rings is 1. The molecule has 0 radical (unpaired) electrons. The van der Waals surface area contributed by atoms with E-state index in [-0.39, 0.29) is 17.8 Å². The fraction of sp³-hybridized carbons (Fsp3) is 0.259. The maximum Gasteiger partial charge on any atom is 0.341 e. The molecule has 204 valence electrons. The molecular weight excluding hydrogens is 560 g/mol. The topological polar surface area (TPSA) is 105 Å². The largest absolute Gasteiger partial charge is 0.497 e. The number of carbonyl (C=O) groups excluding carboxylic acids is 2. The third-order valence-electron chi connectivity index (χ3n) is 5.72.